The number of nitrogens with one attached hydrogen (secondary N) is 1. The van der Waals surface area contributed by atoms with Crippen LogP contribution in [0.25, 0.3) is 10.9 Å². The summed E-state index contributed by atoms with van der Waals surface area (Å²) in [6.07, 6.45) is 7.65. The Morgan fingerprint density at radius 1 is 1.30 bits per heavy atom. The zero-order chi connectivity index (χ0) is 23.5. The minimum Gasteiger partial charge on any atom is -0.610 e. The molecule has 3 aromatic rings. The van der Waals surface area contributed by atoms with Crippen LogP contribution in [0.1, 0.15) is 31.0 Å². The van der Waals surface area contributed by atoms with E-state index in [9.17, 15) is 4.55 Å². The minimum absolute atomic E-state index is 0.388. The predicted octanol–water partition coefficient (Wildman–Crippen LogP) is 3.29. The molecule has 4 rings (SSSR count). The highest BCUT2D eigenvalue weighted by Crippen LogP contribution is 2.25. The number of aliphatic imine (C=N–C) groups is 2. The highest BCUT2D eigenvalue weighted by molar-refractivity contribution is 7.90. The Labute approximate surface area is 197 Å². The molecule has 1 aromatic carbocycles. The number of rotatable bonds is 5. The maximum atomic E-state index is 12.1. The fourth-order valence-corrected chi connectivity index (χ4v) is 4.74. The average Bonchev–Trinajstić information content (AvgIpc) is 3.49. The molecule has 0 spiro atoms. The van der Waals surface area contributed by atoms with Crippen LogP contribution in [0, 0.1) is 6.92 Å². The van der Waals surface area contributed by atoms with Crippen LogP contribution in [0.2, 0.25) is 0 Å². The van der Waals surface area contributed by atoms with Gasteiger partial charge in [-0.2, -0.15) is 10.1 Å². The molecule has 9 nitrogen and oxygen atoms in total. The molecule has 0 bridgehead atoms. The Balaban J connectivity index is 1.57. The third-order valence-corrected chi connectivity index (χ3v) is 6.60. The van der Waals surface area contributed by atoms with Crippen molar-refractivity contribution in [3.63, 3.8) is 0 Å². The molecular weight excluding hydrogens is 436 g/mol. The first kappa shape index (κ1) is 23.2. The van der Waals surface area contributed by atoms with Crippen molar-refractivity contribution in [2.75, 3.05) is 24.7 Å². The number of benzene rings is 1. The van der Waals surface area contributed by atoms with E-state index in [1.165, 1.54) is 24.6 Å². The highest BCUT2D eigenvalue weighted by atomic mass is 32.2. The van der Waals surface area contributed by atoms with Crippen molar-refractivity contribution in [1.82, 2.24) is 24.5 Å². The first-order valence-electron chi connectivity index (χ1n) is 10.9. The molecule has 0 radical (unpaired) electrons. The first-order valence-corrected chi connectivity index (χ1v) is 12.5. The summed E-state index contributed by atoms with van der Waals surface area (Å²) in [6, 6.07) is 5.77. The third kappa shape index (κ3) is 5.18. The first-order chi connectivity index (χ1) is 15.9. The van der Waals surface area contributed by atoms with Gasteiger partial charge in [0.15, 0.2) is 0 Å². The van der Waals surface area contributed by atoms with Crippen molar-refractivity contribution in [3.05, 3.63) is 48.4 Å². The van der Waals surface area contributed by atoms with Gasteiger partial charge in [0, 0.05) is 48.4 Å². The molecule has 1 N–H and O–H groups in total. The molecule has 174 valence electrons. The average molecular weight is 467 g/mol. The van der Waals surface area contributed by atoms with E-state index >= 15 is 0 Å². The van der Waals surface area contributed by atoms with Crippen molar-refractivity contribution in [1.29, 1.82) is 0 Å². The van der Waals surface area contributed by atoms with Gasteiger partial charge in [-0.3, -0.25) is 9.58 Å². The fourth-order valence-electron chi connectivity index (χ4n) is 4.03. The van der Waals surface area contributed by atoms with Crippen LogP contribution in [0.3, 0.4) is 0 Å². The van der Waals surface area contributed by atoms with E-state index in [-0.39, 0.29) is 0 Å². The maximum Gasteiger partial charge on any atom is 0.270 e. The summed E-state index contributed by atoms with van der Waals surface area (Å²) in [6.45, 7) is 10.8. The van der Waals surface area contributed by atoms with Gasteiger partial charge in [-0.05, 0) is 58.0 Å². The van der Waals surface area contributed by atoms with Gasteiger partial charge in [-0.1, -0.05) is 6.58 Å². The Bertz CT molecular complexity index is 1220. The quantitative estimate of drug-likeness (QED) is 0.353. The van der Waals surface area contributed by atoms with E-state index in [1.54, 1.807) is 15.6 Å². The number of likely N-dealkylation sites (tertiary alicyclic amines) is 1. The van der Waals surface area contributed by atoms with Crippen LogP contribution < -0.4 is 5.32 Å². The summed E-state index contributed by atoms with van der Waals surface area (Å²) < 4.78 is 15.6. The third-order valence-electron chi connectivity index (χ3n) is 5.75. The van der Waals surface area contributed by atoms with E-state index < -0.39 is 11.2 Å². The van der Waals surface area contributed by atoms with Gasteiger partial charge in [0.2, 0.25) is 5.96 Å². The molecular formula is C23H30N8OS. The molecule has 3 heterocycles. The lowest BCUT2D eigenvalue weighted by molar-refractivity contribution is 0.331. The SMILES string of the molecule is C=C/N=C(\N=C(/C)n1cc(CN2CCCC2)c(C)n1)Nc1ccc2c(c1)c([S+](C)[O-])nn2C. The molecule has 1 atom stereocenters. The van der Waals surface area contributed by atoms with Gasteiger partial charge in [-0.15, -0.1) is 5.10 Å². The summed E-state index contributed by atoms with van der Waals surface area (Å²) in [7, 11) is 1.84. The van der Waals surface area contributed by atoms with Gasteiger partial charge >= 0.3 is 0 Å². The number of anilines is 1. The van der Waals surface area contributed by atoms with Crippen LogP contribution in [-0.4, -0.2) is 60.2 Å². The second-order valence-electron chi connectivity index (χ2n) is 8.20. The zero-order valence-electron chi connectivity index (χ0n) is 19.6. The lowest BCUT2D eigenvalue weighted by Crippen LogP contribution is -2.18. The molecule has 1 saturated heterocycles. The minimum atomic E-state index is -1.19. The molecule has 1 unspecified atom stereocenters. The topological polar surface area (TPSA) is 98.7 Å². The van der Waals surface area contributed by atoms with E-state index in [4.69, 9.17) is 0 Å². The van der Waals surface area contributed by atoms with Crippen LogP contribution in [0.4, 0.5) is 5.69 Å². The van der Waals surface area contributed by atoms with Crippen molar-refractivity contribution in [3.8, 4) is 0 Å². The van der Waals surface area contributed by atoms with Gasteiger partial charge in [0.1, 0.15) is 12.1 Å². The standard InChI is InChI=1S/C23H30N8OS/c1-6-24-23(26-19-9-10-21-20(13-19)22(33(5)32)28-29(21)4)25-17(3)31-15-18(16(2)27-31)14-30-11-7-8-12-30/h6,9-10,13,15H,1,7-8,11-12,14H2,2-5H3,(H,24,26)/b25-17+. The van der Waals surface area contributed by atoms with Crippen molar-refractivity contribution >= 4 is 39.6 Å². The van der Waals surface area contributed by atoms with Crippen molar-refractivity contribution in [2.45, 2.75) is 38.3 Å². The van der Waals surface area contributed by atoms with Crippen LogP contribution in [0.5, 0.6) is 0 Å². The summed E-state index contributed by atoms with van der Waals surface area (Å²) >= 11 is -1.19. The molecule has 33 heavy (non-hydrogen) atoms. The Hall–Kier alpha value is -2.95. The second kappa shape index (κ2) is 9.90. The van der Waals surface area contributed by atoms with E-state index in [0.29, 0.717) is 16.8 Å². The van der Waals surface area contributed by atoms with E-state index in [0.717, 1.165) is 41.9 Å². The zero-order valence-corrected chi connectivity index (χ0v) is 20.4. The molecule has 10 heteroatoms. The lowest BCUT2D eigenvalue weighted by Gasteiger charge is -2.13. The maximum absolute atomic E-state index is 12.1. The van der Waals surface area contributed by atoms with E-state index in [2.05, 4.69) is 37.0 Å². The number of hydrogen-bond donors (Lipinski definition) is 1. The number of fused-ring (bicyclic) bond motifs is 1. The molecule has 0 aliphatic carbocycles. The van der Waals surface area contributed by atoms with Gasteiger partial charge in [0.25, 0.3) is 5.03 Å². The summed E-state index contributed by atoms with van der Waals surface area (Å²) in [5.74, 6) is 1.08. The van der Waals surface area contributed by atoms with Gasteiger partial charge < -0.3 is 9.87 Å². The number of guanidine groups is 1. The van der Waals surface area contributed by atoms with Crippen LogP contribution in [-0.2, 0) is 24.8 Å². The Morgan fingerprint density at radius 3 is 2.76 bits per heavy atom. The van der Waals surface area contributed by atoms with Crippen LogP contribution in [0.15, 0.2) is 52.2 Å². The van der Waals surface area contributed by atoms with E-state index in [1.807, 2.05) is 45.3 Å². The predicted molar refractivity (Wildman–Crippen MR) is 134 cm³/mol. The smallest absolute Gasteiger partial charge is 0.270 e. The van der Waals surface area contributed by atoms with Crippen molar-refractivity contribution in [2.24, 2.45) is 17.0 Å². The Morgan fingerprint density at radius 2 is 2.06 bits per heavy atom. The largest absolute Gasteiger partial charge is 0.610 e. The second-order valence-corrected chi connectivity index (χ2v) is 9.50. The van der Waals surface area contributed by atoms with Gasteiger partial charge in [0.05, 0.1) is 16.6 Å². The van der Waals surface area contributed by atoms with Crippen molar-refractivity contribution < 1.29 is 4.55 Å². The molecule has 1 aliphatic heterocycles. The monoisotopic (exact) mass is 466 g/mol. The molecule has 2 aromatic heterocycles. The Kier molecular flexibility index (Phi) is 6.96. The highest BCUT2D eigenvalue weighted by Gasteiger charge is 2.18. The van der Waals surface area contributed by atoms with Gasteiger partial charge in [-0.25, -0.2) is 9.67 Å². The number of nitrogens with zero attached hydrogens (tertiary/aromatic N) is 7. The molecule has 0 amide bonds. The van der Waals surface area contributed by atoms with Crippen LogP contribution >= 0.6 is 0 Å². The summed E-state index contributed by atoms with van der Waals surface area (Å²) in [4.78, 5) is 11.4. The summed E-state index contributed by atoms with van der Waals surface area (Å²) in [5.41, 5.74) is 3.90. The number of aryl methyl sites for hydroxylation is 2. The fraction of sp³-hybridized carbons (Fsp3) is 0.391. The molecule has 1 fully saturated rings. The lowest BCUT2D eigenvalue weighted by atomic mass is 10.2. The number of hydrogen-bond acceptors (Lipinski definition) is 5. The normalized spacial score (nSPS) is 16.5. The summed E-state index contributed by atoms with van der Waals surface area (Å²) in [5, 5.41) is 13.6. The number of aromatic nitrogens is 4. The molecule has 1 aliphatic rings. The molecule has 0 saturated carbocycles.